The Morgan fingerprint density at radius 2 is 1.81 bits per heavy atom. The summed E-state index contributed by atoms with van der Waals surface area (Å²) in [7, 11) is 0. The van der Waals surface area contributed by atoms with Gasteiger partial charge in [-0.1, -0.05) is 12.8 Å². The molecule has 2 fully saturated rings. The highest BCUT2D eigenvalue weighted by Gasteiger charge is 2.15. The highest BCUT2D eigenvalue weighted by molar-refractivity contribution is 7.99. The summed E-state index contributed by atoms with van der Waals surface area (Å²) >= 11 is 2.14. The van der Waals surface area contributed by atoms with Gasteiger partial charge in [-0.25, -0.2) is 0 Å². The zero-order valence-electron chi connectivity index (χ0n) is 10.2. The number of thioether (sulfide) groups is 1. The summed E-state index contributed by atoms with van der Waals surface area (Å²) in [6.45, 7) is 4.41. The predicted octanol–water partition coefficient (Wildman–Crippen LogP) is 2.68. The third kappa shape index (κ3) is 4.64. The largest absolute Gasteiger partial charge is 0.381 e. The van der Waals surface area contributed by atoms with Crippen molar-refractivity contribution >= 4 is 11.8 Å². The molecule has 0 atom stereocenters. The summed E-state index contributed by atoms with van der Waals surface area (Å²) < 4.78 is 5.37. The molecule has 0 aromatic carbocycles. The Labute approximate surface area is 104 Å². The van der Waals surface area contributed by atoms with Gasteiger partial charge in [0.25, 0.3) is 0 Å². The first kappa shape index (κ1) is 12.7. The van der Waals surface area contributed by atoms with E-state index in [9.17, 15) is 0 Å². The van der Waals surface area contributed by atoms with E-state index >= 15 is 0 Å². The summed E-state index contributed by atoms with van der Waals surface area (Å²) in [6, 6.07) is 0. The third-order valence-electron chi connectivity index (χ3n) is 3.71. The maximum atomic E-state index is 5.37. The van der Waals surface area contributed by atoms with Crippen molar-refractivity contribution in [2.45, 2.75) is 43.8 Å². The van der Waals surface area contributed by atoms with Crippen molar-refractivity contribution in [3.63, 3.8) is 0 Å². The van der Waals surface area contributed by atoms with Gasteiger partial charge in [0.15, 0.2) is 0 Å². The predicted molar refractivity (Wildman–Crippen MR) is 71.1 cm³/mol. The lowest BCUT2D eigenvalue weighted by atomic mass is 10.1. The summed E-state index contributed by atoms with van der Waals surface area (Å²) in [5, 5.41) is 4.48. The molecule has 1 saturated carbocycles. The smallest absolute Gasteiger partial charge is 0.0476 e. The number of nitrogens with one attached hydrogen (secondary N) is 1. The summed E-state index contributed by atoms with van der Waals surface area (Å²) in [6.07, 6.45) is 8.35. The Balaban J connectivity index is 1.42. The lowest BCUT2D eigenvalue weighted by Gasteiger charge is -2.21. The molecular weight excluding hydrogens is 218 g/mol. The third-order valence-corrected chi connectivity index (χ3v) is 5.09. The monoisotopic (exact) mass is 243 g/mol. The van der Waals surface area contributed by atoms with Crippen LogP contribution in [0.1, 0.15) is 38.5 Å². The number of ether oxygens (including phenoxy) is 1. The van der Waals surface area contributed by atoms with E-state index in [4.69, 9.17) is 4.74 Å². The first-order chi connectivity index (χ1) is 7.95. The van der Waals surface area contributed by atoms with Crippen molar-refractivity contribution in [2.75, 3.05) is 32.1 Å². The molecule has 0 radical (unpaired) electrons. The van der Waals surface area contributed by atoms with Gasteiger partial charge in [-0.3, -0.25) is 0 Å². The van der Waals surface area contributed by atoms with Crippen LogP contribution in [0.5, 0.6) is 0 Å². The quantitative estimate of drug-likeness (QED) is 0.725. The van der Waals surface area contributed by atoms with E-state index in [-0.39, 0.29) is 0 Å². The zero-order chi connectivity index (χ0) is 11.1. The van der Waals surface area contributed by atoms with Gasteiger partial charge in [-0.05, 0) is 38.1 Å². The Kier molecular flexibility index (Phi) is 6.02. The van der Waals surface area contributed by atoms with Gasteiger partial charge in [0.05, 0.1) is 0 Å². The van der Waals surface area contributed by atoms with Gasteiger partial charge in [0.1, 0.15) is 0 Å². The van der Waals surface area contributed by atoms with E-state index in [0.29, 0.717) is 0 Å². The highest BCUT2D eigenvalue weighted by atomic mass is 32.2. The van der Waals surface area contributed by atoms with Crippen LogP contribution in [0.25, 0.3) is 0 Å². The van der Waals surface area contributed by atoms with Crippen molar-refractivity contribution in [1.29, 1.82) is 0 Å². The Bertz CT molecular complexity index is 177. The zero-order valence-corrected chi connectivity index (χ0v) is 11.1. The fourth-order valence-corrected chi connectivity index (χ4v) is 3.78. The lowest BCUT2D eigenvalue weighted by molar-refractivity contribution is 0.100. The van der Waals surface area contributed by atoms with Crippen LogP contribution in [0, 0.1) is 5.92 Å². The van der Waals surface area contributed by atoms with E-state index < -0.39 is 0 Å². The first-order valence-corrected chi connectivity index (χ1v) is 7.90. The van der Waals surface area contributed by atoms with Crippen LogP contribution < -0.4 is 5.32 Å². The second kappa shape index (κ2) is 7.57. The number of rotatable bonds is 6. The highest BCUT2D eigenvalue weighted by Crippen LogP contribution is 2.24. The molecule has 16 heavy (non-hydrogen) atoms. The van der Waals surface area contributed by atoms with Crippen LogP contribution in [0.2, 0.25) is 0 Å². The minimum Gasteiger partial charge on any atom is -0.381 e. The van der Waals surface area contributed by atoms with Crippen LogP contribution in [0.4, 0.5) is 0 Å². The summed E-state index contributed by atoms with van der Waals surface area (Å²) in [5.41, 5.74) is 0. The average molecular weight is 243 g/mol. The Morgan fingerprint density at radius 3 is 2.56 bits per heavy atom. The van der Waals surface area contributed by atoms with E-state index in [1.807, 2.05) is 0 Å². The summed E-state index contributed by atoms with van der Waals surface area (Å²) in [5.74, 6) is 2.25. The molecule has 0 bridgehead atoms. The molecule has 94 valence electrons. The molecule has 1 aliphatic carbocycles. The van der Waals surface area contributed by atoms with Crippen LogP contribution in [0.3, 0.4) is 0 Å². The first-order valence-electron chi connectivity index (χ1n) is 6.85. The maximum Gasteiger partial charge on any atom is 0.0476 e. The normalized spacial score (nSPS) is 24.0. The number of hydrogen-bond donors (Lipinski definition) is 1. The van der Waals surface area contributed by atoms with E-state index in [0.717, 1.165) is 24.4 Å². The molecule has 1 saturated heterocycles. The number of hydrogen-bond acceptors (Lipinski definition) is 3. The molecule has 0 aromatic heterocycles. The lowest BCUT2D eigenvalue weighted by Crippen LogP contribution is -2.25. The maximum absolute atomic E-state index is 5.37. The minimum absolute atomic E-state index is 0.863. The molecule has 0 amide bonds. The molecule has 2 nitrogen and oxygen atoms in total. The van der Waals surface area contributed by atoms with Gasteiger partial charge < -0.3 is 10.1 Å². The van der Waals surface area contributed by atoms with Crippen molar-refractivity contribution in [3.8, 4) is 0 Å². The summed E-state index contributed by atoms with van der Waals surface area (Å²) in [4.78, 5) is 0. The second-order valence-electron chi connectivity index (χ2n) is 5.04. The molecule has 2 aliphatic rings. The fourth-order valence-electron chi connectivity index (χ4n) is 2.66. The molecule has 2 rings (SSSR count). The second-order valence-corrected chi connectivity index (χ2v) is 6.45. The van der Waals surface area contributed by atoms with Crippen molar-refractivity contribution in [2.24, 2.45) is 5.92 Å². The molecule has 0 aromatic rings. The molecule has 1 N–H and O–H groups in total. The van der Waals surface area contributed by atoms with Crippen molar-refractivity contribution < 1.29 is 4.74 Å². The minimum atomic E-state index is 0.863. The molecule has 0 spiro atoms. The van der Waals surface area contributed by atoms with Gasteiger partial charge in [-0.2, -0.15) is 11.8 Å². The van der Waals surface area contributed by atoms with Crippen molar-refractivity contribution in [1.82, 2.24) is 5.32 Å². The average Bonchev–Trinajstić information content (AvgIpc) is 2.83. The van der Waals surface area contributed by atoms with Gasteiger partial charge in [-0.15, -0.1) is 0 Å². The van der Waals surface area contributed by atoms with E-state index in [2.05, 4.69) is 17.1 Å². The fraction of sp³-hybridized carbons (Fsp3) is 1.00. The van der Waals surface area contributed by atoms with Crippen LogP contribution in [-0.4, -0.2) is 37.3 Å². The molecular formula is C13H25NOS. The van der Waals surface area contributed by atoms with E-state index in [1.165, 1.54) is 57.4 Å². The van der Waals surface area contributed by atoms with E-state index in [1.54, 1.807) is 0 Å². The van der Waals surface area contributed by atoms with Gasteiger partial charge in [0, 0.05) is 30.8 Å². The molecule has 1 heterocycles. The molecule has 1 aliphatic heterocycles. The molecule has 0 unspecified atom stereocenters. The van der Waals surface area contributed by atoms with Crippen LogP contribution >= 0.6 is 11.8 Å². The standard InChI is InChI=1S/C13H25NOS/c1-2-4-12(3-1)11-14-7-10-16-13-5-8-15-9-6-13/h12-14H,1-11H2. The van der Waals surface area contributed by atoms with Crippen LogP contribution in [-0.2, 0) is 4.74 Å². The topological polar surface area (TPSA) is 21.3 Å². The Morgan fingerprint density at radius 1 is 1.06 bits per heavy atom. The molecule has 3 heteroatoms. The van der Waals surface area contributed by atoms with Gasteiger partial charge >= 0.3 is 0 Å². The Hall–Kier alpha value is 0.270. The van der Waals surface area contributed by atoms with Crippen LogP contribution in [0.15, 0.2) is 0 Å². The van der Waals surface area contributed by atoms with Crippen molar-refractivity contribution in [3.05, 3.63) is 0 Å². The van der Waals surface area contributed by atoms with Gasteiger partial charge in [0.2, 0.25) is 0 Å². The SMILES string of the molecule is C1CCC(CNCCSC2CCOCC2)C1.